The summed E-state index contributed by atoms with van der Waals surface area (Å²) in [6, 6.07) is 8.95. The van der Waals surface area contributed by atoms with Crippen LogP contribution in [-0.2, 0) is 25.7 Å². The maximum absolute atomic E-state index is 11.8. The van der Waals surface area contributed by atoms with Crippen LogP contribution in [0, 0.1) is 5.92 Å². The van der Waals surface area contributed by atoms with E-state index in [0.717, 1.165) is 11.8 Å². The number of hydrogen-bond donors (Lipinski definition) is 0. The minimum absolute atomic E-state index is 0.328. The fourth-order valence-electron chi connectivity index (χ4n) is 2.28. The average Bonchev–Trinajstić information content (AvgIpc) is 2.74. The van der Waals surface area contributed by atoms with Gasteiger partial charge in [0.05, 0.1) is 25.7 Å². The second-order valence-electron chi connectivity index (χ2n) is 4.55. The molecule has 0 unspecified atom stereocenters. The molecule has 5 nitrogen and oxygen atoms in total. The van der Waals surface area contributed by atoms with E-state index in [4.69, 9.17) is 9.57 Å². The molecule has 1 aliphatic rings. The van der Waals surface area contributed by atoms with Gasteiger partial charge in [-0.15, -0.1) is 0 Å². The zero-order valence-electron chi connectivity index (χ0n) is 11.0. The highest BCUT2D eigenvalue weighted by atomic mass is 16.7. The van der Waals surface area contributed by atoms with Gasteiger partial charge in [0.15, 0.2) is 0 Å². The van der Waals surface area contributed by atoms with Crippen molar-refractivity contribution in [2.75, 3.05) is 7.11 Å². The van der Waals surface area contributed by atoms with Crippen LogP contribution in [0.2, 0.25) is 0 Å². The van der Waals surface area contributed by atoms with Gasteiger partial charge >= 0.3 is 5.97 Å². The fourth-order valence-corrected chi connectivity index (χ4v) is 2.28. The minimum Gasteiger partial charge on any atom is -0.468 e. The maximum atomic E-state index is 11.8. The molecule has 0 radical (unpaired) electrons. The molecule has 1 aliphatic heterocycles. The monoisotopic (exact) mass is 263 g/mol. The van der Waals surface area contributed by atoms with E-state index in [0.29, 0.717) is 6.54 Å². The number of nitrogens with zero attached hydrogens (tertiary/aromatic N) is 1. The van der Waals surface area contributed by atoms with Gasteiger partial charge in [0, 0.05) is 0 Å². The van der Waals surface area contributed by atoms with Crippen LogP contribution in [-0.4, -0.2) is 36.6 Å². The molecule has 5 heteroatoms. The summed E-state index contributed by atoms with van der Waals surface area (Å²) in [4.78, 5) is 28.6. The quantitative estimate of drug-likeness (QED) is 0.603. The molecule has 1 aromatic carbocycles. The number of ether oxygens (including phenoxy) is 1. The van der Waals surface area contributed by atoms with Crippen molar-refractivity contribution in [1.29, 1.82) is 0 Å². The molecule has 19 heavy (non-hydrogen) atoms. The van der Waals surface area contributed by atoms with Crippen LogP contribution in [0.25, 0.3) is 0 Å². The highest BCUT2D eigenvalue weighted by Gasteiger charge is 2.46. The zero-order valence-corrected chi connectivity index (χ0v) is 11.0. The van der Waals surface area contributed by atoms with Crippen molar-refractivity contribution in [2.24, 2.45) is 5.92 Å². The van der Waals surface area contributed by atoms with E-state index in [9.17, 15) is 9.59 Å². The third-order valence-corrected chi connectivity index (χ3v) is 3.30. The largest absolute Gasteiger partial charge is 0.468 e. The first-order valence-electron chi connectivity index (χ1n) is 6.18. The Morgan fingerprint density at radius 3 is 2.68 bits per heavy atom. The fraction of sp³-hybridized carbons (Fsp3) is 0.429. The molecule has 1 saturated heterocycles. The van der Waals surface area contributed by atoms with Crippen molar-refractivity contribution in [3.8, 4) is 0 Å². The summed E-state index contributed by atoms with van der Waals surface area (Å²) in [5.41, 5.74) is 1.01. The lowest BCUT2D eigenvalue weighted by molar-refractivity contribution is -0.182. The van der Waals surface area contributed by atoms with E-state index in [1.807, 2.05) is 30.3 Å². The number of esters is 1. The van der Waals surface area contributed by atoms with Gasteiger partial charge in [-0.05, 0) is 12.5 Å². The lowest BCUT2D eigenvalue weighted by atomic mass is 9.97. The number of methoxy groups -OCH3 is 1. The third-order valence-electron chi connectivity index (χ3n) is 3.30. The van der Waals surface area contributed by atoms with Crippen LogP contribution in [0.1, 0.15) is 12.5 Å². The van der Waals surface area contributed by atoms with Gasteiger partial charge in [-0.2, -0.15) is 5.06 Å². The van der Waals surface area contributed by atoms with Crippen LogP contribution in [0.5, 0.6) is 0 Å². The van der Waals surface area contributed by atoms with Crippen LogP contribution in [0.4, 0.5) is 0 Å². The normalized spacial score (nSPS) is 27.2. The summed E-state index contributed by atoms with van der Waals surface area (Å²) in [5, 5.41) is 1.53. The molecule has 0 aliphatic carbocycles. The number of hydroxylamine groups is 2. The Kier molecular flexibility index (Phi) is 4.29. The first-order valence-corrected chi connectivity index (χ1v) is 6.18. The predicted octanol–water partition coefficient (Wildman–Crippen LogP) is 1.18. The molecule has 1 aromatic rings. The smallest absolute Gasteiger partial charge is 0.326 e. The maximum Gasteiger partial charge on any atom is 0.326 e. The second-order valence-corrected chi connectivity index (χ2v) is 4.55. The number of hydrogen-bond acceptors (Lipinski definition) is 5. The molecule has 0 N–H and O–H groups in total. The molecular formula is C14H17NO4. The predicted molar refractivity (Wildman–Crippen MR) is 67.9 cm³/mol. The van der Waals surface area contributed by atoms with Crippen molar-refractivity contribution < 1.29 is 19.2 Å². The lowest BCUT2D eigenvalue weighted by Crippen LogP contribution is -2.40. The molecule has 0 amide bonds. The minimum atomic E-state index is -0.683. The topological polar surface area (TPSA) is 55.8 Å². The number of benzene rings is 1. The van der Waals surface area contributed by atoms with Crippen LogP contribution in [0.15, 0.2) is 30.3 Å². The Bertz CT molecular complexity index is 448. The Hall–Kier alpha value is -1.72. The third kappa shape index (κ3) is 2.83. The summed E-state index contributed by atoms with van der Waals surface area (Å²) in [7, 11) is 1.31. The highest BCUT2D eigenvalue weighted by Crippen LogP contribution is 2.28. The highest BCUT2D eigenvalue weighted by molar-refractivity contribution is 5.80. The lowest BCUT2D eigenvalue weighted by Gasteiger charge is -2.21. The molecule has 3 atom stereocenters. The van der Waals surface area contributed by atoms with Gasteiger partial charge in [-0.3, -0.25) is 9.63 Å². The second kappa shape index (κ2) is 5.95. The summed E-state index contributed by atoms with van der Waals surface area (Å²) in [5.74, 6) is -0.950. The summed E-state index contributed by atoms with van der Waals surface area (Å²) in [6.07, 6.45) is 0.433. The molecule has 0 aromatic heterocycles. The molecule has 102 valence electrons. The zero-order chi connectivity index (χ0) is 13.8. The molecule has 2 rings (SSSR count). The summed E-state index contributed by atoms with van der Waals surface area (Å²) < 4.78 is 4.76. The van der Waals surface area contributed by atoms with Crippen LogP contribution >= 0.6 is 0 Å². The molecule has 1 heterocycles. The van der Waals surface area contributed by atoms with E-state index in [1.54, 1.807) is 6.92 Å². The number of carbonyl (C=O) groups excluding carboxylic acids is 2. The van der Waals surface area contributed by atoms with Gasteiger partial charge in [-0.1, -0.05) is 30.3 Å². The van der Waals surface area contributed by atoms with E-state index in [-0.39, 0.29) is 6.10 Å². The van der Waals surface area contributed by atoms with Gasteiger partial charge in [-0.25, -0.2) is 0 Å². The van der Waals surface area contributed by atoms with E-state index in [2.05, 4.69) is 0 Å². The first-order chi connectivity index (χ1) is 9.17. The van der Waals surface area contributed by atoms with Crippen molar-refractivity contribution >= 4 is 12.3 Å². The van der Waals surface area contributed by atoms with E-state index < -0.39 is 17.9 Å². The van der Waals surface area contributed by atoms with Crippen molar-refractivity contribution in [1.82, 2.24) is 5.06 Å². The van der Waals surface area contributed by atoms with Crippen molar-refractivity contribution in [2.45, 2.75) is 25.6 Å². The van der Waals surface area contributed by atoms with Crippen LogP contribution < -0.4 is 0 Å². The Morgan fingerprint density at radius 2 is 2.11 bits per heavy atom. The number of aldehydes is 1. The van der Waals surface area contributed by atoms with Gasteiger partial charge in [0.2, 0.25) is 0 Å². The molecule has 0 saturated carbocycles. The Morgan fingerprint density at radius 1 is 1.42 bits per heavy atom. The molecule has 0 spiro atoms. The average molecular weight is 263 g/mol. The number of rotatable bonds is 4. The van der Waals surface area contributed by atoms with Gasteiger partial charge < -0.3 is 9.53 Å². The molecular weight excluding hydrogens is 246 g/mol. The van der Waals surface area contributed by atoms with Crippen molar-refractivity contribution in [3.63, 3.8) is 0 Å². The van der Waals surface area contributed by atoms with Gasteiger partial charge in [0.25, 0.3) is 0 Å². The Labute approximate surface area is 112 Å². The standard InChI is InChI=1S/C14H17NO4/c1-10-12(9-16)13(14(17)18-2)15(19-10)8-11-6-4-3-5-7-11/h3-7,9-10,12-13H,8H2,1-2H3/t10-,12-,13+/m1/s1. The Balaban J connectivity index is 2.18. The first kappa shape index (κ1) is 13.7. The molecule has 1 fully saturated rings. The molecule has 0 bridgehead atoms. The van der Waals surface area contributed by atoms with E-state index >= 15 is 0 Å². The SMILES string of the molecule is COC(=O)[C@@H]1[C@H](C=O)[C@@H](C)ON1Cc1ccccc1. The van der Waals surface area contributed by atoms with Crippen LogP contribution in [0.3, 0.4) is 0 Å². The summed E-state index contributed by atoms with van der Waals surface area (Å²) >= 11 is 0. The van der Waals surface area contributed by atoms with Gasteiger partial charge in [0.1, 0.15) is 12.3 Å². The number of carbonyl (C=O) groups is 2. The summed E-state index contributed by atoms with van der Waals surface area (Å²) in [6.45, 7) is 2.22. The van der Waals surface area contributed by atoms with Crippen molar-refractivity contribution in [3.05, 3.63) is 35.9 Å². The van der Waals surface area contributed by atoms with E-state index in [1.165, 1.54) is 12.2 Å².